The Kier molecular flexibility index (Phi) is 5.40. The zero-order valence-corrected chi connectivity index (χ0v) is 17.6. The fourth-order valence-corrected chi connectivity index (χ4v) is 6.35. The third kappa shape index (κ3) is 4.17. The average molecular weight is 437 g/mol. The number of benzene rings is 2. The summed E-state index contributed by atoms with van der Waals surface area (Å²) in [4.78, 5) is 16.6. The Hall–Kier alpha value is -1.96. The molecular weight excluding hydrogens is 415 g/mol. The van der Waals surface area contributed by atoms with Gasteiger partial charge in [-0.2, -0.15) is 0 Å². The van der Waals surface area contributed by atoms with Gasteiger partial charge in [-0.1, -0.05) is 29.8 Å². The van der Waals surface area contributed by atoms with Crippen LogP contribution in [0.5, 0.6) is 0 Å². The number of rotatable bonds is 4. The van der Waals surface area contributed by atoms with Crippen molar-refractivity contribution in [2.45, 2.75) is 25.4 Å². The lowest BCUT2D eigenvalue weighted by molar-refractivity contribution is -0.123. The zero-order valence-electron chi connectivity index (χ0n) is 16.0. The van der Waals surface area contributed by atoms with Gasteiger partial charge in [-0.05, 0) is 48.7 Å². The van der Waals surface area contributed by atoms with E-state index in [1.165, 1.54) is 12.1 Å². The van der Waals surface area contributed by atoms with Crippen LogP contribution in [0.4, 0.5) is 10.1 Å². The van der Waals surface area contributed by atoms with E-state index < -0.39 is 15.9 Å². The third-order valence-electron chi connectivity index (χ3n) is 5.74. The first-order chi connectivity index (χ1) is 13.7. The quantitative estimate of drug-likeness (QED) is 0.739. The average Bonchev–Trinajstić information content (AvgIpc) is 2.98. The molecule has 0 N–H and O–H groups in total. The molecule has 1 amide bonds. The van der Waals surface area contributed by atoms with Crippen LogP contribution in [-0.4, -0.2) is 55.9 Å². The van der Waals surface area contributed by atoms with Crippen LogP contribution in [0.2, 0.25) is 5.02 Å². The van der Waals surface area contributed by atoms with Crippen molar-refractivity contribution >= 4 is 33.0 Å². The maximum Gasteiger partial charge on any atom is 0.241 e. The van der Waals surface area contributed by atoms with Crippen molar-refractivity contribution in [1.29, 1.82) is 0 Å². The van der Waals surface area contributed by atoms with Gasteiger partial charge in [0.25, 0.3) is 0 Å². The Labute approximate surface area is 175 Å². The second-order valence-electron chi connectivity index (χ2n) is 7.76. The third-order valence-corrected chi connectivity index (χ3v) is 7.84. The molecule has 2 heterocycles. The number of halogens is 2. The van der Waals surface area contributed by atoms with Crippen molar-refractivity contribution in [2.75, 3.05) is 29.5 Å². The van der Waals surface area contributed by atoms with E-state index in [1.54, 1.807) is 23.1 Å². The number of hydrogen-bond acceptors (Lipinski definition) is 4. The van der Waals surface area contributed by atoms with Gasteiger partial charge in [-0.25, -0.2) is 12.8 Å². The number of anilines is 1. The SMILES string of the molecule is Cc1ccc(N2C(=O)CN(CCc3ccc(F)cc3)C3CS(=O)(=O)CC32)cc1Cl. The number of piperazine rings is 1. The molecular formula is C21H22ClFN2O3S. The van der Waals surface area contributed by atoms with E-state index in [0.717, 1.165) is 11.1 Å². The molecule has 0 bridgehead atoms. The van der Waals surface area contributed by atoms with Crippen molar-refractivity contribution in [1.82, 2.24) is 4.90 Å². The van der Waals surface area contributed by atoms with Crippen molar-refractivity contribution in [3.05, 3.63) is 64.4 Å². The predicted molar refractivity (Wildman–Crippen MR) is 112 cm³/mol. The highest BCUT2D eigenvalue weighted by molar-refractivity contribution is 7.91. The minimum Gasteiger partial charge on any atom is -0.306 e. The molecule has 2 aromatic rings. The van der Waals surface area contributed by atoms with Gasteiger partial charge in [0, 0.05) is 23.3 Å². The van der Waals surface area contributed by atoms with Gasteiger partial charge in [-0.3, -0.25) is 9.69 Å². The summed E-state index contributed by atoms with van der Waals surface area (Å²) in [6, 6.07) is 10.9. The van der Waals surface area contributed by atoms with E-state index in [0.29, 0.717) is 23.7 Å². The van der Waals surface area contributed by atoms with Crippen molar-refractivity contribution in [3.8, 4) is 0 Å². The number of hydrogen-bond donors (Lipinski definition) is 0. The first-order valence-corrected chi connectivity index (χ1v) is 11.7. The molecule has 8 heteroatoms. The predicted octanol–water partition coefficient (Wildman–Crippen LogP) is 2.84. The Bertz CT molecular complexity index is 1040. The first-order valence-electron chi connectivity index (χ1n) is 9.51. The molecule has 0 aromatic heterocycles. The number of fused-ring (bicyclic) bond motifs is 1. The summed E-state index contributed by atoms with van der Waals surface area (Å²) in [6.45, 7) is 2.56. The van der Waals surface area contributed by atoms with Crippen LogP contribution in [0, 0.1) is 12.7 Å². The molecule has 0 radical (unpaired) electrons. The van der Waals surface area contributed by atoms with Crippen molar-refractivity contribution in [2.24, 2.45) is 0 Å². The molecule has 2 aliphatic rings. The molecule has 4 rings (SSSR count). The Morgan fingerprint density at radius 1 is 1.10 bits per heavy atom. The molecule has 2 atom stereocenters. The summed E-state index contributed by atoms with van der Waals surface area (Å²) in [7, 11) is -3.25. The number of sulfone groups is 1. The number of nitrogens with zero attached hydrogens (tertiary/aromatic N) is 2. The molecule has 0 saturated carbocycles. The molecule has 29 heavy (non-hydrogen) atoms. The summed E-state index contributed by atoms with van der Waals surface area (Å²) >= 11 is 6.24. The highest BCUT2D eigenvalue weighted by Crippen LogP contribution is 2.33. The highest BCUT2D eigenvalue weighted by Gasteiger charge is 2.49. The summed E-state index contributed by atoms with van der Waals surface area (Å²) in [5.41, 5.74) is 2.48. The lowest BCUT2D eigenvalue weighted by Crippen LogP contribution is -2.62. The molecule has 2 aromatic carbocycles. The second-order valence-corrected chi connectivity index (χ2v) is 10.3. The largest absolute Gasteiger partial charge is 0.306 e. The van der Waals surface area contributed by atoms with Crippen LogP contribution < -0.4 is 4.90 Å². The van der Waals surface area contributed by atoms with Gasteiger partial charge >= 0.3 is 0 Å². The van der Waals surface area contributed by atoms with E-state index in [4.69, 9.17) is 11.6 Å². The second kappa shape index (κ2) is 7.70. The van der Waals surface area contributed by atoms with Crippen molar-refractivity contribution in [3.63, 3.8) is 0 Å². The molecule has 2 aliphatic heterocycles. The monoisotopic (exact) mass is 436 g/mol. The molecule has 2 saturated heterocycles. The molecule has 2 fully saturated rings. The van der Waals surface area contributed by atoms with Gasteiger partial charge in [0.15, 0.2) is 9.84 Å². The minimum atomic E-state index is -3.25. The fraction of sp³-hybridized carbons (Fsp3) is 0.381. The summed E-state index contributed by atoms with van der Waals surface area (Å²) < 4.78 is 38.0. The summed E-state index contributed by atoms with van der Waals surface area (Å²) in [5.74, 6) is -0.453. The van der Waals surface area contributed by atoms with Gasteiger partial charge in [0.05, 0.1) is 24.1 Å². The molecule has 154 valence electrons. The van der Waals surface area contributed by atoms with E-state index in [9.17, 15) is 17.6 Å². The van der Waals surface area contributed by atoms with Crippen LogP contribution in [0.15, 0.2) is 42.5 Å². The van der Waals surface area contributed by atoms with E-state index in [1.807, 2.05) is 24.0 Å². The Morgan fingerprint density at radius 3 is 2.48 bits per heavy atom. The molecule has 0 spiro atoms. The topological polar surface area (TPSA) is 57.7 Å². The highest BCUT2D eigenvalue weighted by atomic mass is 35.5. The lowest BCUT2D eigenvalue weighted by atomic mass is 10.0. The number of carbonyl (C=O) groups is 1. The maximum atomic E-state index is 13.1. The van der Waals surface area contributed by atoms with Crippen LogP contribution >= 0.6 is 11.6 Å². The van der Waals surface area contributed by atoms with Crippen LogP contribution in [0.25, 0.3) is 0 Å². The first kappa shape index (κ1) is 20.3. The molecule has 2 unspecified atom stereocenters. The fourth-order valence-electron chi connectivity index (χ4n) is 4.19. The van der Waals surface area contributed by atoms with E-state index in [-0.39, 0.29) is 35.8 Å². The number of aryl methyl sites for hydroxylation is 1. The van der Waals surface area contributed by atoms with Crippen LogP contribution in [-0.2, 0) is 21.1 Å². The molecule has 5 nitrogen and oxygen atoms in total. The smallest absolute Gasteiger partial charge is 0.241 e. The van der Waals surface area contributed by atoms with E-state index >= 15 is 0 Å². The molecule has 0 aliphatic carbocycles. The minimum absolute atomic E-state index is 0.0322. The zero-order chi connectivity index (χ0) is 20.8. The standard InChI is InChI=1S/C21H22ClFN2O3S/c1-14-2-7-17(10-18(14)22)25-20-13-29(27,28)12-19(20)24(11-21(25)26)9-8-15-3-5-16(23)6-4-15/h2-7,10,19-20H,8-9,11-13H2,1H3. The summed E-state index contributed by atoms with van der Waals surface area (Å²) in [6.07, 6.45) is 0.618. The van der Waals surface area contributed by atoms with Crippen LogP contribution in [0.3, 0.4) is 0 Å². The van der Waals surface area contributed by atoms with Crippen molar-refractivity contribution < 1.29 is 17.6 Å². The van der Waals surface area contributed by atoms with Gasteiger partial charge in [0.2, 0.25) is 5.91 Å². The summed E-state index contributed by atoms with van der Waals surface area (Å²) in [5, 5.41) is 0.548. The lowest BCUT2D eigenvalue weighted by Gasteiger charge is -2.43. The Balaban J connectivity index is 1.59. The number of amides is 1. The Morgan fingerprint density at radius 2 is 1.79 bits per heavy atom. The number of carbonyl (C=O) groups excluding carboxylic acids is 1. The van der Waals surface area contributed by atoms with E-state index in [2.05, 4.69) is 0 Å². The maximum absolute atomic E-state index is 13.1. The van der Waals surface area contributed by atoms with Gasteiger partial charge in [0.1, 0.15) is 5.82 Å². The van der Waals surface area contributed by atoms with Gasteiger partial charge < -0.3 is 4.90 Å². The van der Waals surface area contributed by atoms with Gasteiger partial charge in [-0.15, -0.1) is 0 Å². The normalized spacial score (nSPS) is 24.0. The van der Waals surface area contributed by atoms with Crippen LogP contribution in [0.1, 0.15) is 11.1 Å².